The van der Waals surface area contributed by atoms with Crippen LogP contribution < -0.4 is 0 Å². The Hall–Kier alpha value is -7.90. The van der Waals surface area contributed by atoms with Crippen LogP contribution in [0.4, 0.5) is 0 Å². The van der Waals surface area contributed by atoms with Crippen molar-refractivity contribution in [3.8, 4) is 67.4 Å². The van der Waals surface area contributed by atoms with Crippen molar-refractivity contribution in [3.05, 3.63) is 206 Å². The molecule has 298 valence electrons. The third-order valence-corrected chi connectivity index (χ3v) is 14.8. The lowest BCUT2D eigenvalue weighted by Gasteiger charge is -2.14. The van der Waals surface area contributed by atoms with Crippen molar-refractivity contribution in [2.45, 2.75) is 0 Å². The largest absolute Gasteiger partial charge is 0.254 e. The predicted octanol–water partition coefficient (Wildman–Crippen LogP) is 16.3. The first-order chi connectivity index (χ1) is 31.7. The second-order valence-corrected chi connectivity index (χ2v) is 18.3. The highest BCUT2D eigenvalue weighted by Crippen LogP contribution is 2.45. The number of hydrogen-bond donors (Lipinski definition) is 0. The second-order valence-electron chi connectivity index (χ2n) is 16.2. The highest BCUT2D eigenvalue weighted by molar-refractivity contribution is 7.26. The fourth-order valence-electron chi connectivity index (χ4n) is 9.19. The lowest BCUT2D eigenvalue weighted by molar-refractivity contribution is 1.18. The van der Waals surface area contributed by atoms with E-state index in [-0.39, 0.29) is 0 Å². The third kappa shape index (κ3) is 6.18. The molecule has 0 N–H and O–H groups in total. The number of fused-ring (bicyclic) bond motifs is 9. The molecule has 4 nitrogen and oxygen atoms in total. The number of aromatic nitrogens is 4. The summed E-state index contributed by atoms with van der Waals surface area (Å²) in [4.78, 5) is 20.4. The van der Waals surface area contributed by atoms with Gasteiger partial charge in [0.25, 0.3) is 0 Å². The number of rotatable bonds is 6. The number of nitrogens with zero attached hydrogens (tertiary/aromatic N) is 4. The number of benzene rings is 8. The van der Waals surface area contributed by atoms with Crippen LogP contribution in [0.1, 0.15) is 0 Å². The first-order valence-corrected chi connectivity index (χ1v) is 23.0. The minimum Gasteiger partial charge on any atom is -0.254 e. The predicted molar refractivity (Wildman–Crippen MR) is 271 cm³/mol. The summed E-state index contributed by atoms with van der Waals surface area (Å²) < 4.78 is 5.14. The summed E-state index contributed by atoms with van der Waals surface area (Å²) in [7, 11) is 0. The van der Waals surface area contributed by atoms with Gasteiger partial charge in [0.1, 0.15) is 0 Å². The first-order valence-electron chi connectivity index (χ1n) is 21.4. The molecule has 0 saturated heterocycles. The Morgan fingerprint density at radius 3 is 1.52 bits per heavy atom. The average molecular weight is 851 g/mol. The van der Waals surface area contributed by atoms with Crippen LogP contribution in [0.5, 0.6) is 0 Å². The van der Waals surface area contributed by atoms with Crippen LogP contribution in [-0.2, 0) is 0 Å². The molecule has 0 radical (unpaired) electrons. The van der Waals surface area contributed by atoms with E-state index in [4.69, 9.17) is 15.0 Å². The van der Waals surface area contributed by atoms with Crippen molar-refractivity contribution in [1.82, 2.24) is 19.9 Å². The van der Waals surface area contributed by atoms with E-state index in [0.717, 1.165) is 72.3 Å². The number of pyridine rings is 2. The van der Waals surface area contributed by atoms with E-state index >= 15 is 0 Å². The molecular formula is C58H34N4S2. The molecule has 8 aromatic carbocycles. The van der Waals surface area contributed by atoms with Crippen LogP contribution in [0.15, 0.2) is 206 Å². The van der Waals surface area contributed by atoms with Gasteiger partial charge >= 0.3 is 0 Å². The molecule has 0 saturated carbocycles. The summed E-state index contributed by atoms with van der Waals surface area (Å²) in [6.07, 6.45) is 1.83. The molecule has 0 amide bonds. The maximum Gasteiger partial charge on any atom is 0.160 e. The van der Waals surface area contributed by atoms with E-state index in [1.165, 1.54) is 51.5 Å². The zero-order valence-corrected chi connectivity index (χ0v) is 35.9. The van der Waals surface area contributed by atoms with E-state index in [2.05, 4.69) is 193 Å². The Morgan fingerprint density at radius 1 is 0.312 bits per heavy atom. The number of thiophene rings is 2. The van der Waals surface area contributed by atoms with Gasteiger partial charge in [-0.05, 0) is 70.8 Å². The van der Waals surface area contributed by atoms with Gasteiger partial charge in [-0.25, -0.2) is 15.0 Å². The Balaban J connectivity index is 0.996. The molecule has 0 unspecified atom stereocenters. The van der Waals surface area contributed by atoms with Crippen molar-refractivity contribution in [1.29, 1.82) is 0 Å². The SMILES string of the molecule is c1ccc(-c2cc(-c3cc(-c4cccc5c4sc4ccccc45)cc(-c4cccc5c4sc4ccccc45)c3)nc(-c3ccc(-c4ccc5ccc6cccnc6c5n4)cc3)n2)cc1. The molecule has 5 heterocycles. The molecule has 0 fully saturated rings. The van der Waals surface area contributed by atoms with Gasteiger partial charge in [0, 0.05) is 79.6 Å². The molecule has 0 aliphatic heterocycles. The van der Waals surface area contributed by atoms with Crippen LogP contribution in [0.3, 0.4) is 0 Å². The first kappa shape index (κ1) is 36.7. The highest BCUT2D eigenvalue weighted by atomic mass is 32.1. The van der Waals surface area contributed by atoms with E-state index in [1.54, 1.807) is 0 Å². The molecule has 0 bridgehead atoms. The minimum atomic E-state index is 0.662. The van der Waals surface area contributed by atoms with Crippen molar-refractivity contribution >= 4 is 84.8 Å². The fourth-order valence-corrected chi connectivity index (χ4v) is 11.7. The summed E-state index contributed by atoms with van der Waals surface area (Å²) in [5, 5.41) is 7.28. The van der Waals surface area contributed by atoms with Crippen molar-refractivity contribution < 1.29 is 0 Å². The summed E-state index contributed by atoms with van der Waals surface area (Å²) in [6.45, 7) is 0. The Bertz CT molecular complexity index is 3830. The Labute approximate surface area is 376 Å². The van der Waals surface area contributed by atoms with Gasteiger partial charge in [-0.3, -0.25) is 4.98 Å². The summed E-state index contributed by atoms with van der Waals surface area (Å²) in [5.41, 5.74) is 13.2. The van der Waals surface area contributed by atoms with E-state index in [0.29, 0.717) is 5.82 Å². The van der Waals surface area contributed by atoms with Gasteiger partial charge in [0.2, 0.25) is 0 Å². The van der Waals surface area contributed by atoms with Crippen LogP contribution in [0, 0.1) is 0 Å². The molecule has 13 rings (SSSR count). The maximum absolute atomic E-state index is 5.41. The second kappa shape index (κ2) is 14.9. The van der Waals surface area contributed by atoms with E-state index < -0.39 is 0 Å². The summed E-state index contributed by atoms with van der Waals surface area (Å²) in [5.74, 6) is 0.662. The standard InChI is InChI=1S/C58H34N4S2/c1-2-11-35(12-3-1)50-34-51(62-58(61-50)39-26-22-36(23-27-39)49-29-28-38-25-24-37-13-10-30-59-54(37)55(38)60-49)42-32-40(43-16-8-18-47-45-14-4-6-20-52(45)63-56(43)47)31-41(33-42)44-17-9-19-48-46-15-5-7-21-53(46)64-57(44)48/h1-34H. The average Bonchev–Trinajstić information content (AvgIpc) is 3.95. The zero-order valence-electron chi connectivity index (χ0n) is 34.2. The van der Waals surface area contributed by atoms with Crippen molar-refractivity contribution in [2.75, 3.05) is 0 Å². The molecule has 0 aliphatic carbocycles. The van der Waals surface area contributed by atoms with E-state index in [9.17, 15) is 0 Å². The highest BCUT2D eigenvalue weighted by Gasteiger charge is 2.18. The van der Waals surface area contributed by atoms with Crippen molar-refractivity contribution in [3.63, 3.8) is 0 Å². The van der Waals surface area contributed by atoms with Gasteiger partial charge in [0.15, 0.2) is 5.82 Å². The van der Waals surface area contributed by atoms with Crippen molar-refractivity contribution in [2.24, 2.45) is 0 Å². The molecule has 64 heavy (non-hydrogen) atoms. The van der Waals surface area contributed by atoms with Gasteiger partial charge in [-0.1, -0.05) is 152 Å². The van der Waals surface area contributed by atoms with Crippen LogP contribution >= 0.6 is 22.7 Å². The lowest BCUT2D eigenvalue weighted by atomic mass is 9.93. The maximum atomic E-state index is 5.41. The zero-order chi connectivity index (χ0) is 42.1. The quantitative estimate of drug-likeness (QED) is 0.156. The minimum absolute atomic E-state index is 0.662. The lowest BCUT2D eigenvalue weighted by Crippen LogP contribution is -1.97. The molecule has 6 heteroatoms. The summed E-state index contributed by atoms with van der Waals surface area (Å²) >= 11 is 3.72. The summed E-state index contributed by atoms with van der Waals surface area (Å²) in [6, 6.07) is 71.4. The molecule has 0 aliphatic rings. The molecule has 0 spiro atoms. The van der Waals surface area contributed by atoms with Gasteiger partial charge in [-0.2, -0.15) is 0 Å². The van der Waals surface area contributed by atoms with E-state index in [1.807, 2.05) is 41.0 Å². The fraction of sp³-hybridized carbons (Fsp3) is 0. The van der Waals surface area contributed by atoms with Crippen LogP contribution in [0.2, 0.25) is 0 Å². The van der Waals surface area contributed by atoms with Crippen LogP contribution in [-0.4, -0.2) is 19.9 Å². The smallest absolute Gasteiger partial charge is 0.160 e. The number of hydrogen-bond acceptors (Lipinski definition) is 6. The third-order valence-electron chi connectivity index (χ3n) is 12.3. The molecule has 5 aromatic heterocycles. The molecular weight excluding hydrogens is 817 g/mol. The molecule has 13 aromatic rings. The van der Waals surface area contributed by atoms with Gasteiger partial charge < -0.3 is 0 Å². The Kier molecular flexibility index (Phi) is 8.54. The molecule has 0 atom stereocenters. The Morgan fingerprint density at radius 2 is 0.844 bits per heavy atom. The van der Waals surface area contributed by atoms with Gasteiger partial charge in [0.05, 0.1) is 28.1 Å². The monoisotopic (exact) mass is 850 g/mol. The van der Waals surface area contributed by atoms with Crippen LogP contribution in [0.25, 0.3) is 130 Å². The van der Waals surface area contributed by atoms with Gasteiger partial charge in [-0.15, -0.1) is 22.7 Å². The topological polar surface area (TPSA) is 51.6 Å². The normalized spacial score (nSPS) is 11.8.